The quantitative estimate of drug-likeness (QED) is 0.757. The third-order valence-corrected chi connectivity index (χ3v) is 4.72. The van der Waals surface area contributed by atoms with Crippen molar-refractivity contribution in [1.29, 1.82) is 0 Å². The average molecular weight is 406 g/mol. The molecular weight excluding hydrogens is 381 g/mol. The molecule has 0 N–H and O–H groups in total. The maximum atomic E-state index is 5.43. The highest BCUT2D eigenvalue weighted by Gasteiger charge is 2.15. The third kappa shape index (κ3) is 5.32. The van der Waals surface area contributed by atoms with Crippen molar-refractivity contribution in [2.75, 3.05) is 37.7 Å². The molecule has 144 valence electrons. The standard InChI is InChI=1S/C21H23N3O.2ClH/c1-4-19(16-22-9-1)21-18(3-2-10-23-21)15-17-5-7-20(8-6-17)24-11-13-25-14-12-24;;/h1,4-9,15-16H,2-3,10-14H2;2*1H. The summed E-state index contributed by atoms with van der Waals surface area (Å²) >= 11 is 0. The van der Waals surface area contributed by atoms with Crippen LogP contribution in [0.4, 0.5) is 5.69 Å². The Labute approximate surface area is 173 Å². The number of anilines is 1. The van der Waals surface area contributed by atoms with Crippen LogP contribution in [0.2, 0.25) is 0 Å². The number of hydrogen-bond donors (Lipinski definition) is 0. The third-order valence-electron chi connectivity index (χ3n) is 4.72. The van der Waals surface area contributed by atoms with Crippen molar-refractivity contribution in [2.45, 2.75) is 12.8 Å². The topological polar surface area (TPSA) is 37.7 Å². The van der Waals surface area contributed by atoms with Crippen molar-refractivity contribution in [1.82, 2.24) is 4.98 Å². The van der Waals surface area contributed by atoms with Gasteiger partial charge in [0.15, 0.2) is 0 Å². The first-order valence-electron chi connectivity index (χ1n) is 8.99. The van der Waals surface area contributed by atoms with E-state index in [4.69, 9.17) is 9.73 Å². The Morgan fingerprint density at radius 1 is 1.00 bits per heavy atom. The van der Waals surface area contributed by atoms with Gasteiger partial charge in [0.25, 0.3) is 0 Å². The number of nitrogens with zero attached hydrogens (tertiary/aromatic N) is 3. The lowest BCUT2D eigenvalue weighted by Gasteiger charge is -2.28. The highest BCUT2D eigenvalue weighted by atomic mass is 35.5. The molecule has 2 aliphatic heterocycles. The summed E-state index contributed by atoms with van der Waals surface area (Å²) in [6.07, 6.45) is 8.16. The van der Waals surface area contributed by atoms with E-state index in [-0.39, 0.29) is 24.8 Å². The van der Waals surface area contributed by atoms with E-state index in [0.717, 1.165) is 57.0 Å². The van der Waals surface area contributed by atoms with Gasteiger partial charge < -0.3 is 9.64 Å². The predicted octanol–water partition coefficient (Wildman–Crippen LogP) is 4.43. The molecule has 0 spiro atoms. The van der Waals surface area contributed by atoms with Gasteiger partial charge >= 0.3 is 0 Å². The first-order valence-corrected chi connectivity index (χ1v) is 8.99. The maximum Gasteiger partial charge on any atom is 0.0694 e. The number of hydrogen-bond acceptors (Lipinski definition) is 4. The van der Waals surface area contributed by atoms with Crippen LogP contribution in [-0.2, 0) is 4.74 Å². The summed E-state index contributed by atoms with van der Waals surface area (Å²) in [4.78, 5) is 11.4. The number of aromatic nitrogens is 1. The molecule has 6 heteroatoms. The second-order valence-electron chi connectivity index (χ2n) is 6.44. The van der Waals surface area contributed by atoms with Gasteiger partial charge in [-0.1, -0.05) is 12.1 Å². The Kier molecular flexibility index (Phi) is 8.29. The number of ether oxygens (including phenoxy) is 1. The van der Waals surface area contributed by atoms with Crippen LogP contribution >= 0.6 is 24.8 Å². The summed E-state index contributed by atoms with van der Waals surface area (Å²) in [5.74, 6) is 0. The summed E-state index contributed by atoms with van der Waals surface area (Å²) in [6.45, 7) is 4.47. The maximum absolute atomic E-state index is 5.43. The van der Waals surface area contributed by atoms with E-state index in [1.54, 1.807) is 6.20 Å². The zero-order valence-electron chi connectivity index (χ0n) is 15.2. The van der Waals surface area contributed by atoms with E-state index in [2.05, 4.69) is 46.3 Å². The fraction of sp³-hybridized carbons (Fsp3) is 0.333. The van der Waals surface area contributed by atoms with Crippen LogP contribution in [0.1, 0.15) is 24.0 Å². The van der Waals surface area contributed by atoms with Gasteiger partial charge in [-0.15, -0.1) is 24.8 Å². The molecule has 1 fully saturated rings. The van der Waals surface area contributed by atoms with Gasteiger partial charge in [-0.3, -0.25) is 9.98 Å². The highest BCUT2D eigenvalue weighted by molar-refractivity contribution is 6.15. The number of halogens is 2. The van der Waals surface area contributed by atoms with Crippen LogP contribution in [-0.4, -0.2) is 43.5 Å². The van der Waals surface area contributed by atoms with Gasteiger partial charge in [0.1, 0.15) is 0 Å². The molecular formula is C21H25Cl2N3O. The smallest absolute Gasteiger partial charge is 0.0694 e. The van der Waals surface area contributed by atoms with E-state index in [0.29, 0.717) is 0 Å². The highest BCUT2D eigenvalue weighted by Crippen LogP contribution is 2.23. The van der Waals surface area contributed by atoms with Gasteiger partial charge in [0.05, 0.1) is 18.9 Å². The average Bonchev–Trinajstić information content (AvgIpc) is 2.70. The first kappa shape index (κ1) is 21.4. The van der Waals surface area contributed by atoms with Crippen molar-refractivity contribution < 1.29 is 4.74 Å². The Morgan fingerprint density at radius 2 is 1.78 bits per heavy atom. The second-order valence-corrected chi connectivity index (χ2v) is 6.44. The minimum Gasteiger partial charge on any atom is -0.378 e. The molecule has 0 unspecified atom stereocenters. The molecule has 4 rings (SSSR count). The number of aliphatic imine (C=N–C) groups is 1. The van der Waals surface area contributed by atoms with E-state index in [1.165, 1.54) is 16.8 Å². The minimum atomic E-state index is 0. The van der Waals surface area contributed by atoms with E-state index in [9.17, 15) is 0 Å². The fourth-order valence-electron chi connectivity index (χ4n) is 3.40. The number of pyridine rings is 1. The van der Waals surface area contributed by atoms with Gasteiger partial charge in [-0.05, 0) is 54.3 Å². The van der Waals surface area contributed by atoms with E-state index >= 15 is 0 Å². The molecule has 0 amide bonds. The summed E-state index contributed by atoms with van der Waals surface area (Å²) < 4.78 is 5.43. The Bertz CT molecular complexity index is 770. The second kappa shape index (κ2) is 10.5. The molecule has 27 heavy (non-hydrogen) atoms. The molecule has 0 saturated carbocycles. The fourth-order valence-corrected chi connectivity index (χ4v) is 3.40. The summed E-state index contributed by atoms with van der Waals surface area (Å²) in [5, 5.41) is 0. The SMILES string of the molecule is C(=C1CCCN=C1c1cccnc1)c1ccc(N2CCOCC2)cc1.Cl.Cl. The van der Waals surface area contributed by atoms with E-state index in [1.807, 2.05) is 12.3 Å². The molecule has 0 bridgehead atoms. The largest absolute Gasteiger partial charge is 0.378 e. The Balaban J connectivity index is 0.00000131. The van der Waals surface area contributed by atoms with Crippen LogP contribution in [0.25, 0.3) is 6.08 Å². The molecule has 2 aliphatic rings. The van der Waals surface area contributed by atoms with Crippen molar-refractivity contribution in [2.24, 2.45) is 4.99 Å². The number of morpholine rings is 1. The zero-order valence-corrected chi connectivity index (χ0v) is 16.8. The molecule has 3 heterocycles. The molecule has 4 nitrogen and oxygen atoms in total. The first-order chi connectivity index (χ1) is 12.4. The molecule has 1 saturated heterocycles. The van der Waals surface area contributed by atoms with Gasteiger partial charge in [-0.25, -0.2) is 0 Å². The Hall–Kier alpha value is -1.88. The van der Waals surface area contributed by atoms with Crippen molar-refractivity contribution >= 4 is 42.3 Å². The van der Waals surface area contributed by atoms with Crippen LogP contribution < -0.4 is 4.90 Å². The van der Waals surface area contributed by atoms with Crippen LogP contribution in [0, 0.1) is 0 Å². The van der Waals surface area contributed by atoms with Crippen molar-refractivity contribution in [3.8, 4) is 0 Å². The van der Waals surface area contributed by atoms with Gasteiger partial charge in [0.2, 0.25) is 0 Å². The van der Waals surface area contributed by atoms with Crippen molar-refractivity contribution in [3.63, 3.8) is 0 Å². The van der Waals surface area contributed by atoms with Gasteiger partial charge in [0, 0.05) is 43.3 Å². The lowest BCUT2D eigenvalue weighted by molar-refractivity contribution is 0.122. The van der Waals surface area contributed by atoms with Gasteiger partial charge in [-0.2, -0.15) is 0 Å². The summed E-state index contributed by atoms with van der Waals surface area (Å²) in [7, 11) is 0. The Morgan fingerprint density at radius 3 is 2.48 bits per heavy atom. The number of benzene rings is 1. The molecule has 2 aromatic rings. The molecule has 0 radical (unpaired) electrons. The lowest BCUT2D eigenvalue weighted by Crippen LogP contribution is -2.36. The number of rotatable bonds is 3. The molecule has 0 aliphatic carbocycles. The normalized spacial score (nSPS) is 18.3. The monoisotopic (exact) mass is 405 g/mol. The lowest BCUT2D eigenvalue weighted by atomic mass is 9.95. The minimum absolute atomic E-state index is 0. The van der Waals surface area contributed by atoms with Crippen LogP contribution in [0.15, 0.2) is 59.4 Å². The summed E-state index contributed by atoms with van der Waals surface area (Å²) in [6, 6.07) is 12.9. The predicted molar refractivity (Wildman–Crippen MR) is 117 cm³/mol. The molecule has 1 aromatic carbocycles. The van der Waals surface area contributed by atoms with Crippen LogP contribution in [0.3, 0.4) is 0 Å². The molecule has 0 atom stereocenters. The zero-order chi connectivity index (χ0) is 16.9. The number of allylic oxidation sites excluding steroid dienone is 1. The molecule has 1 aromatic heterocycles. The van der Waals surface area contributed by atoms with E-state index < -0.39 is 0 Å². The van der Waals surface area contributed by atoms with Crippen molar-refractivity contribution in [3.05, 3.63) is 65.5 Å². The van der Waals surface area contributed by atoms with Crippen LogP contribution in [0.5, 0.6) is 0 Å². The summed E-state index contributed by atoms with van der Waals surface area (Å²) in [5.41, 5.74) is 6.01.